The van der Waals surface area contributed by atoms with Gasteiger partial charge in [-0.25, -0.2) is 0 Å². The van der Waals surface area contributed by atoms with Crippen molar-refractivity contribution in [3.05, 3.63) is 35.4 Å². The topological polar surface area (TPSA) is 29.3 Å². The van der Waals surface area contributed by atoms with Crippen LogP contribution >= 0.6 is 0 Å². The van der Waals surface area contributed by atoms with Crippen LogP contribution in [0.25, 0.3) is 0 Å². The molecule has 2 nitrogen and oxygen atoms in total. The summed E-state index contributed by atoms with van der Waals surface area (Å²) >= 11 is 0. The highest BCUT2D eigenvalue weighted by molar-refractivity contribution is 5.23. The van der Waals surface area contributed by atoms with Gasteiger partial charge in [-0.05, 0) is 49.9 Å². The fraction of sp³-hybridized carbons (Fsp3) is 0.571. The summed E-state index contributed by atoms with van der Waals surface area (Å²) in [6.07, 6.45) is 3.92. The highest BCUT2D eigenvalue weighted by Crippen LogP contribution is 2.20. The number of likely N-dealkylation sites (tertiary alicyclic amines) is 1. The van der Waals surface area contributed by atoms with Crippen molar-refractivity contribution in [1.29, 1.82) is 0 Å². The average Bonchev–Trinajstić information content (AvgIpc) is 2.29. The third kappa shape index (κ3) is 3.06. The van der Waals surface area contributed by atoms with Crippen LogP contribution in [0.5, 0.6) is 0 Å². The predicted molar refractivity (Wildman–Crippen MR) is 68.3 cm³/mol. The van der Waals surface area contributed by atoms with Gasteiger partial charge in [-0.1, -0.05) is 24.3 Å². The van der Waals surface area contributed by atoms with Crippen molar-refractivity contribution in [1.82, 2.24) is 4.90 Å². The van der Waals surface area contributed by atoms with Gasteiger partial charge in [0.25, 0.3) is 0 Å². The Morgan fingerprint density at radius 2 is 2.19 bits per heavy atom. The molecule has 2 N–H and O–H groups in total. The van der Waals surface area contributed by atoms with Crippen molar-refractivity contribution in [3.8, 4) is 0 Å². The molecule has 1 aromatic rings. The number of benzene rings is 1. The molecular weight excluding hydrogens is 196 g/mol. The Morgan fingerprint density at radius 3 is 2.94 bits per heavy atom. The Kier molecular flexibility index (Phi) is 3.97. The van der Waals surface area contributed by atoms with Crippen molar-refractivity contribution in [2.24, 2.45) is 11.7 Å². The zero-order chi connectivity index (χ0) is 11.4. The first-order valence-electron chi connectivity index (χ1n) is 6.24. The van der Waals surface area contributed by atoms with E-state index in [1.165, 1.54) is 43.5 Å². The summed E-state index contributed by atoms with van der Waals surface area (Å²) in [7, 11) is 2.22. The highest BCUT2D eigenvalue weighted by Gasteiger charge is 2.17. The largest absolute Gasteiger partial charge is 0.326 e. The molecule has 1 heterocycles. The molecule has 1 unspecified atom stereocenters. The Bertz CT molecular complexity index is 335. The van der Waals surface area contributed by atoms with E-state index in [1.54, 1.807) is 0 Å². The zero-order valence-corrected chi connectivity index (χ0v) is 10.2. The summed E-state index contributed by atoms with van der Waals surface area (Å²) in [6.45, 7) is 3.16. The lowest BCUT2D eigenvalue weighted by Gasteiger charge is -2.29. The quantitative estimate of drug-likeness (QED) is 0.841. The molecule has 1 atom stereocenters. The van der Waals surface area contributed by atoms with Crippen LogP contribution in [-0.2, 0) is 13.0 Å². The first-order chi connectivity index (χ1) is 7.78. The van der Waals surface area contributed by atoms with Gasteiger partial charge < -0.3 is 10.6 Å². The minimum absolute atomic E-state index is 0.651. The van der Waals surface area contributed by atoms with Gasteiger partial charge in [-0.2, -0.15) is 0 Å². The Balaban J connectivity index is 1.97. The molecule has 2 heteroatoms. The summed E-state index contributed by atoms with van der Waals surface area (Å²) < 4.78 is 0. The van der Waals surface area contributed by atoms with E-state index in [1.807, 2.05) is 0 Å². The van der Waals surface area contributed by atoms with Gasteiger partial charge in [0.15, 0.2) is 0 Å². The zero-order valence-electron chi connectivity index (χ0n) is 10.2. The second-order valence-corrected chi connectivity index (χ2v) is 5.00. The lowest BCUT2D eigenvalue weighted by Crippen LogP contribution is -2.32. The second kappa shape index (κ2) is 5.46. The molecular formula is C14H22N2. The monoisotopic (exact) mass is 218 g/mol. The van der Waals surface area contributed by atoms with Crippen LogP contribution in [0.2, 0.25) is 0 Å². The Labute approximate surface area is 98.4 Å². The number of rotatable bonds is 3. The minimum atomic E-state index is 0.651. The van der Waals surface area contributed by atoms with Crippen molar-refractivity contribution in [2.75, 3.05) is 20.1 Å². The molecule has 0 saturated carbocycles. The van der Waals surface area contributed by atoms with Gasteiger partial charge in [0.1, 0.15) is 0 Å². The second-order valence-electron chi connectivity index (χ2n) is 5.00. The van der Waals surface area contributed by atoms with Crippen molar-refractivity contribution < 1.29 is 0 Å². The molecule has 0 radical (unpaired) electrons. The first-order valence-corrected chi connectivity index (χ1v) is 6.24. The van der Waals surface area contributed by atoms with E-state index in [4.69, 9.17) is 5.73 Å². The van der Waals surface area contributed by atoms with Gasteiger partial charge in [-0.3, -0.25) is 0 Å². The van der Waals surface area contributed by atoms with Crippen molar-refractivity contribution in [2.45, 2.75) is 25.8 Å². The third-order valence-electron chi connectivity index (χ3n) is 3.47. The maximum atomic E-state index is 5.67. The van der Waals surface area contributed by atoms with Gasteiger partial charge in [-0.15, -0.1) is 0 Å². The average molecular weight is 218 g/mol. The molecule has 16 heavy (non-hydrogen) atoms. The van der Waals surface area contributed by atoms with E-state index >= 15 is 0 Å². The van der Waals surface area contributed by atoms with E-state index in [0.717, 1.165) is 5.92 Å². The standard InChI is InChI=1S/C14H22N2/c1-16-7-3-6-14(11-16)9-12-4-2-5-13(8-12)10-15/h2,4-5,8,14H,3,6-7,9-11,15H2,1H3. The molecule has 88 valence electrons. The van der Waals surface area contributed by atoms with E-state index in [9.17, 15) is 0 Å². The molecule has 2 rings (SSSR count). The number of hydrogen-bond donors (Lipinski definition) is 1. The molecule has 1 aliphatic heterocycles. The summed E-state index contributed by atoms with van der Waals surface area (Å²) in [5.41, 5.74) is 8.36. The Morgan fingerprint density at radius 1 is 1.38 bits per heavy atom. The lowest BCUT2D eigenvalue weighted by atomic mass is 9.91. The van der Waals surface area contributed by atoms with Crippen LogP contribution in [0, 0.1) is 5.92 Å². The maximum absolute atomic E-state index is 5.67. The van der Waals surface area contributed by atoms with Crippen LogP contribution < -0.4 is 5.73 Å². The molecule has 0 bridgehead atoms. The normalized spacial score (nSPS) is 22.2. The van der Waals surface area contributed by atoms with Gasteiger partial charge >= 0.3 is 0 Å². The lowest BCUT2D eigenvalue weighted by molar-refractivity contribution is 0.209. The fourth-order valence-corrected chi connectivity index (χ4v) is 2.66. The van der Waals surface area contributed by atoms with Crippen LogP contribution in [0.3, 0.4) is 0 Å². The fourth-order valence-electron chi connectivity index (χ4n) is 2.66. The Hall–Kier alpha value is -0.860. The van der Waals surface area contributed by atoms with Gasteiger partial charge in [0.05, 0.1) is 0 Å². The van der Waals surface area contributed by atoms with Crippen LogP contribution in [0.15, 0.2) is 24.3 Å². The first kappa shape index (κ1) is 11.6. The van der Waals surface area contributed by atoms with Gasteiger partial charge in [0, 0.05) is 13.1 Å². The molecule has 1 fully saturated rings. The van der Waals surface area contributed by atoms with E-state index in [2.05, 4.69) is 36.2 Å². The van der Waals surface area contributed by atoms with E-state index in [0.29, 0.717) is 6.54 Å². The smallest absolute Gasteiger partial charge is 0.0178 e. The van der Waals surface area contributed by atoms with Crippen molar-refractivity contribution in [3.63, 3.8) is 0 Å². The molecule has 1 saturated heterocycles. The maximum Gasteiger partial charge on any atom is 0.0178 e. The number of nitrogens with two attached hydrogens (primary N) is 1. The number of piperidine rings is 1. The molecule has 0 spiro atoms. The van der Waals surface area contributed by atoms with E-state index in [-0.39, 0.29) is 0 Å². The SMILES string of the molecule is CN1CCCC(Cc2cccc(CN)c2)C1. The molecule has 0 amide bonds. The van der Waals surface area contributed by atoms with Gasteiger partial charge in [0.2, 0.25) is 0 Å². The third-order valence-corrected chi connectivity index (χ3v) is 3.47. The molecule has 0 aromatic heterocycles. The predicted octanol–water partition coefficient (Wildman–Crippen LogP) is 2.03. The summed E-state index contributed by atoms with van der Waals surface area (Å²) in [5, 5.41) is 0. The van der Waals surface area contributed by atoms with Crippen molar-refractivity contribution >= 4 is 0 Å². The highest BCUT2D eigenvalue weighted by atomic mass is 15.1. The number of hydrogen-bond acceptors (Lipinski definition) is 2. The molecule has 0 aliphatic carbocycles. The minimum Gasteiger partial charge on any atom is -0.326 e. The van der Waals surface area contributed by atoms with Crippen LogP contribution in [0.4, 0.5) is 0 Å². The van der Waals surface area contributed by atoms with Crippen LogP contribution in [0.1, 0.15) is 24.0 Å². The number of nitrogens with zero attached hydrogens (tertiary/aromatic N) is 1. The van der Waals surface area contributed by atoms with E-state index < -0.39 is 0 Å². The molecule has 1 aliphatic rings. The summed E-state index contributed by atoms with van der Waals surface area (Å²) in [5.74, 6) is 0.826. The summed E-state index contributed by atoms with van der Waals surface area (Å²) in [4.78, 5) is 2.45. The molecule has 1 aromatic carbocycles. The van der Waals surface area contributed by atoms with Crippen LogP contribution in [-0.4, -0.2) is 25.0 Å². The summed E-state index contributed by atoms with van der Waals surface area (Å²) in [6, 6.07) is 8.73.